The van der Waals surface area contributed by atoms with Crippen LogP contribution in [0, 0.1) is 17.5 Å². The zero-order chi connectivity index (χ0) is 28.8. The van der Waals surface area contributed by atoms with E-state index in [2.05, 4.69) is 20.9 Å². The number of anilines is 1. The van der Waals surface area contributed by atoms with Crippen molar-refractivity contribution in [2.75, 3.05) is 18.0 Å². The van der Waals surface area contributed by atoms with Crippen molar-refractivity contribution in [2.24, 2.45) is 0 Å². The molecule has 7 nitrogen and oxygen atoms in total. The Morgan fingerprint density at radius 2 is 1.72 bits per heavy atom. The molecule has 1 amide bonds. The topological polar surface area (TPSA) is 87.5 Å². The van der Waals surface area contributed by atoms with Crippen molar-refractivity contribution in [3.8, 4) is 5.69 Å². The van der Waals surface area contributed by atoms with Gasteiger partial charge in [0.15, 0.2) is 23.5 Å². The molecule has 1 aromatic carbocycles. The summed E-state index contributed by atoms with van der Waals surface area (Å²) < 4.78 is 110. The van der Waals surface area contributed by atoms with Crippen molar-refractivity contribution in [2.45, 2.75) is 37.6 Å². The smallest absolute Gasteiger partial charge is 0.271 e. The molecule has 0 aliphatic carbocycles. The second kappa shape index (κ2) is 11.1. The SMILES string of the molecule is O=C(NC(C(F)F)C(F)C(F)F)c1cn(-c2c(F)cc(F)cc2F)c2nc(N3CC[C@H](O)C3)c(Br)cc2c1=O. The Bertz CT molecular complexity index is 1460. The number of pyridine rings is 2. The number of carbonyl (C=O) groups excluding carboxylic acids is 1. The molecule has 1 fully saturated rings. The van der Waals surface area contributed by atoms with Gasteiger partial charge in [0, 0.05) is 31.4 Å². The molecule has 16 heteroatoms. The zero-order valence-corrected chi connectivity index (χ0v) is 20.9. The van der Waals surface area contributed by atoms with E-state index in [4.69, 9.17) is 0 Å². The van der Waals surface area contributed by atoms with Crippen LogP contribution in [0.5, 0.6) is 0 Å². The van der Waals surface area contributed by atoms with Crippen LogP contribution in [-0.4, -0.2) is 64.8 Å². The number of fused-ring (bicyclic) bond motifs is 1. The summed E-state index contributed by atoms with van der Waals surface area (Å²) in [5.41, 5.74) is -3.76. The minimum absolute atomic E-state index is 0.116. The van der Waals surface area contributed by atoms with E-state index in [1.165, 1.54) is 5.32 Å². The van der Waals surface area contributed by atoms with E-state index in [0.717, 1.165) is 6.07 Å². The van der Waals surface area contributed by atoms with Crippen molar-refractivity contribution in [1.82, 2.24) is 14.9 Å². The monoisotopic (exact) mass is 628 g/mol. The normalized spacial score (nSPS) is 17.3. The standard InChI is InChI=1S/C23H17BrF8N4O3/c24-12-5-10-18(38)11(23(39)33-16(20(31)32)15(28)19(29)30)7-36(17-13(26)3-8(25)4-14(17)27)21(10)34-22(12)35-2-1-9(37)6-35/h3-5,7,9,15-16,19-20,37H,1-2,6H2,(H,33,39)/t9-,15?,16?/m0/s1. The number of nitrogens with one attached hydrogen (secondary N) is 1. The number of amides is 1. The number of rotatable bonds is 7. The first-order chi connectivity index (χ1) is 18.3. The minimum atomic E-state index is -3.90. The maximum Gasteiger partial charge on any atom is 0.271 e. The fourth-order valence-electron chi connectivity index (χ4n) is 4.13. The average Bonchev–Trinajstić information content (AvgIpc) is 3.28. The highest BCUT2D eigenvalue weighted by atomic mass is 79.9. The minimum Gasteiger partial charge on any atom is -0.391 e. The fraction of sp³-hybridized carbons (Fsp3) is 0.348. The molecule has 3 heterocycles. The van der Waals surface area contributed by atoms with Gasteiger partial charge >= 0.3 is 0 Å². The third-order valence-corrected chi connectivity index (χ3v) is 6.58. The summed E-state index contributed by atoms with van der Waals surface area (Å²) in [5, 5.41) is 10.7. The van der Waals surface area contributed by atoms with Crippen molar-refractivity contribution in [3.05, 3.63) is 62.1 Å². The Labute approximate surface area is 222 Å². The molecular formula is C23H17BrF8N4O3. The summed E-state index contributed by atoms with van der Waals surface area (Å²) >= 11 is 3.19. The molecule has 0 saturated carbocycles. The van der Waals surface area contributed by atoms with E-state index in [-0.39, 0.29) is 16.8 Å². The molecule has 2 N–H and O–H groups in total. The maximum absolute atomic E-state index is 14.8. The summed E-state index contributed by atoms with van der Waals surface area (Å²) in [4.78, 5) is 31.8. The predicted molar refractivity (Wildman–Crippen MR) is 126 cm³/mol. The van der Waals surface area contributed by atoms with Crippen LogP contribution in [-0.2, 0) is 0 Å². The lowest BCUT2D eigenvalue weighted by atomic mass is 10.1. The summed E-state index contributed by atoms with van der Waals surface area (Å²) in [7, 11) is 0. The van der Waals surface area contributed by atoms with E-state index in [0.29, 0.717) is 35.9 Å². The van der Waals surface area contributed by atoms with Crippen molar-refractivity contribution in [3.63, 3.8) is 0 Å². The van der Waals surface area contributed by atoms with Gasteiger partial charge in [0.2, 0.25) is 5.43 Å². The van der Waals surface area contributed by atoms with Gasteiger partial charge < -0.3 is 15.3 Å². The lowest BCUT2D eigenvalue weighted by Gasteiger charge is -2.22. The molecule has 3 atom stereocenters. The number of carbonyl (C=O) groups is 1. The molecule has 0 bridgehead atoms. The van der Waals surface area contributed by atoms with Gasteiger partial charge in [-0.15, -0.1) is 0 Å². The number of hydrogen-bond acceptors (Lipinski definition) is 5. The second-order valence-corrected chi connectivity index (χ2v) is 9.48. The van der Waals surface area contributed by atoms with Gasteiger partial charge in [-0.1, -0.05) is 0 Å². The summed E-state index contributed by atoms with van der Waals surface area (Å²) in [6.07, 6.45) is -11.1. The van der Waals surface area contributed by atoms with Gasteiger partial charge in [-0.05, 0) is 28.4 Å². The number of aliphatic hydroxyl groups excluding tert-OH is 1. The van der Waals surface area contributed by atoms with Crippen molar-refractivity contribution >= 4 is 38.7 Å². The second-order valence-electron chi connectivity index (χ2n) is 8.63. The molecule has 0 spiro atoms. The van der Waals surface area contributed by atoms with Crippen LogP contribution in [0.25, 0.3) is 16.7 Å². The van der Waals surface area contributed by atoms with E-state index in [9.17, 15) is 49.8 Å². The fourth-order valence-corrected chi connectivity index (χ4v) is 4.70. The number of hydrogen-bond donors (Lipinski definition) is 2. The highest BCUT2D eigenvalue weighted by Crippen LogP contribution is 2.32. The van der Waals surface area contributed by atoms with Gasteiger partial charge in [-0.25, -0.2) is 40.1 Å². The number of alkyl halides is 5. The summed E-state index contributed by atoms with van der Waals surface area (Å²) in [5.74, 6) is -5.92. The zero-order valence-electron chi connectivity index (χ0n) is 19.3. The number of aliphatic hydroxyl groups is 1. The van der Waals surface area contributed by atoms with Crippen LogP contribution >= 0.6 is 15.9 Å². The molecule has 1 aliphatic rings. The Kier molecular flexibility index (Phi) is 8.16. The molecular weight excluding hydrogens is 612 g/mol. The highest BCUT2D eigenvalue weighted by molar-refractivity contribution is 9.10. The molecule has 4 rings (SSSR count). The number of β-amino-alcohol motifs (C(OH)–C–C–N with tert-alkyl or cyclic N) is 1. The molecule has 3 aromatic rings. The van der Waals surface area contributed by atoms with E-state index in [1.807, 2.05) is 0 Å². The molecule has 210 valence electrons. The summed E-state index contributed by atoms with van der Waals surface area (Å²) in [6, 6.07) is -1.32. The molecule has 0 radical (unpaired) electrons. The first-order valence-corrected chi connectivity index (χ1v) is 11.9. The summed E-state index contributed by atoms with van der Waals surface area (Å²) in [6.45, 7) is 0.427. The van der Waals surface area contributed by atoms with Crippen molar-refractivity contribution in [1.29, 1.82) is 0 Å². The third-order valence-electron chi connectivity index (χ3n) is 6.00. The van der Waals surface area contributed by atoms with Gasteiger partial charge in [-0.3, -0.25) is 14.2 Å². The number of halogens is 9. The first kappa shape index (κ1) is 28.7. The van der Waals surface area contributed by atoms with E-state index in [1.54, 1.807) is 4.90 Å². The number of aromatic nitrogens is 2. The van der Waals surface area contributed by atoms with Crippen molar-refractivity contribution < 1.29 is 45.0 Å². The first-order valence-electron chi connectivity index (χ1n) is 11.1. The quantitative estimate of drug-likeness (QED) is 0.385. The van der Waals surface area contributed by atoms with Crippen LogP contribution in [0.15, 0.2) is 33.7 Å². The number of benzene rings is 1. The van der Waals surface area contributed by atoms with Gasteiger partial charge in [0.1, 0.15) is 28.9 Å². The molecule has 1 aliphatic heterocycles. The predicted octanol–water partition coefficient (Wildman–Crippen LogP) is 4.10. The lowest BCUT2D eigenvalue weighted by molar-refractivity contribution is -0.0201. The number of nitrogens with zero attached hydrogens (tertiary/aromatic N) is 3. The van der Waals surface area contributed by atoms with Crippen LogP contribution in [0.4, 0.5) is 40.9 Å². The van der Waals surface area contributed by atoms with Crippen LogP contribution in [0.3, 0.4) is 0 Å². The van der Waals surface area contributed by atoms with Crippen LogP contribution in [0.1, 0.15) is 16.8 Å². The highest BCUT2D eigenvalue weighted by Gasteiger charge is 2.38. The maximum atomic E-state index is 14.8. The van der Waals surface area contributed by atoms with E-state index < -0.39 is 82.2 Å². The lowest BCUT2D eigenvalue weighted by Crippen LogP contribution is -2.49. The van der Waals surface area contributed by atoms with Gasteiger partial charge in [-0.2, -0.15) is 0 Å². The van der Waals surface area contributed by atoms with E-state index >= 15 is 0 Å². The Hall–Kier alpha value is -3.27. The van der Waals surface area contributed by atoms with Crippen LogP contribution < -0.4 is 15.6 Å². The van der Waals surface area contributed by atoms with Crippen LogP contribution in [0.2, 0.25) is 0 Å². The molecule has 1 saturated heterocycles. The molecule has 39 heavy (non-hydrogen) atoms. The van der Waals surface area contributed by atoms with Gasteiger partial charge in [0.25, 0.3) is 18.8 Å². The average molecular weight is 629 g/mol. The molecule has 2 aromatic heterocycles. The Morgan fingerprint density at radius 3 is 2.26 bits per heavy atom. The Balaban J connectivity index is 1.96. The molecule has 2 unspecified atom stereocenters. The van der Waals surface area contributed by atoms with Gasteiger partial charge in [0.05, 0.1) is 16.0 Å². The Morgan fingerprint density at radius 1 is 1.08 bits per heavy atom. The largest absolute Gasteiger partial charge is 0.391 e. The third kappa shape index (κ3) is 5.57.